The minimum Gasteiger partial charge on any atom is -0.478 e. The SMILES string of the molecule is CC(C)N(C(=O)C1CCCOC1)c1cc(F)c(Oc2ncc(Cn3nccn3)cc2C(F)(F)F)cc1C(=O)O. The number of benzene rings is 1. The third kappa shape index (κ3) is 6.33. The molecule has 1 unspecified atom stereocenters. The molecule has 0 aliphatic carbocycles. The van der Waals surface area contributed by atoms with Crippen molar-refractivity contribution in [2.24, 2.45) is 5.92 Å². The summed E-state index contributed by atoms with van der Waals surface area (Å²) in [5.41, 5.74) is -1.97. The van der Waals surface area contributed by atoms with Crippen LogP contribution in [0.1, 0.15) is 48.2 Å². The normalized spacial score (nSPS) is 15.8. The Kier molecular flexibility index (Phi) is 8.14. The first-order valence-electron chi connectivity index (χ1n) is 12.0. The smallest absolute Gasteiger partial charge is 0.421 e. The van der Waals surface area contributed by atoms with E-state index in [1.165, 1.54) is 12.4 Å². The minimum atomic E-state index is -4.93. The molecular weight excluding hydrogens is 526 g/mol. The van der Waals surface area contributed by atoms with Crippen LogP contribution in [0.4, 0.5) is 23.2 Å². The number of carboxylic acid groups (broad SMARTS) is 1. The summed E-state index contributed by atoms with van der Waals surface area (Å²) in [5.74, 6) is -5.46. The highest BCUT2D eigenvalue weighted by Crippen LogP contribution is 2.39. The third-order valence-electron chi connectivity index (χ3n) is 6.01. The summed E-state index contributed by atoms with van der Waals surface area (Å²) in [6.07, 6.45) is 0.0417. The van der Waals surface area contributed by atoms with Crippen LogP contribution in [0.3, 0.4) is 0 Å². The summed E-state index contributed by atoms with van der Waals surface area (Å²) in [6, 6.07) is 1.72. The standard InChI is InChI=1S/C25H25F4N5O5/c1-14(2)34(23(35)16-4-3-7-38-13-16)20-10-19(26)21(9-17(20)24(36)37)39-22-18(25(27,28)29)8-15(11-30-22)12-33-31-5-6-32-33/h5-6,8-11,14,16H,3-4,7,12-13H2,1-2H3,(H,36,37). The summed E-state index contributed by atoms with van der Waals surface area (Å²) in [6.45, 7) is 3.81. The average molecular weight is 551 g/mol. The number of alkyl halides is 3. The van der Waals surface area contributed by atoms with E-state index in [-0.39, 0.29) is 24.4 Å². The van der Waals surface area contributed by atoms with Gasteiger partial charge in [0, 0.05) is 31.0 Å². The summed E-state index contributed by atoms with van der Waals surface area (Å²) < 4.78 is 67.3. The van der Waals surface area contributed by atoms with Gasteiger partial charge >= 0.3 is 12.1 Å². The lowest BCUT2D eigenvalue weighted by atomic mass is 9.98. The maximum Gasteiger partial charge on any atom is 0.421 e. The van der Waals surface area contributed by atoms with Gasteiger partial charge in [-0.1, -0.05) is 0 Å². The predicted octanol–water partition coefficient (Wildman–Crippen LogP) is 4.54. The number of amides is 1. The first kappa shape index (κ1) is 28.0. The van der Waals surface area contributed by atoms with Gasteiger partial charge in [-0.15, -0.1) is 0 Å². The van der Waals surface area contributed by atoms with Gasteiger partial charge in [-0.2, -0.15) is 28.2 Å². The van der Waals surface area contributed by atoms with E-state index in [0.29, 0.717) is 19.4 Å². The average Bonchev–Trinajstić information content (AvgIpc) is 3.39. The largest absolute Gasteiger partial charge is 0.478 e. The summed E-state index contributed by atoms with van der Waals surface area (Å²) >= 11 is 0. The fraction of sp³-hybridized carbons (Fsp3) is 0.400. The molecule has 1 amide bonds. The highest BCUT2D eigenvalue weighted by atomic mass is 19.4. The van der Waals surface area contributed by atoms with Crippen LogP contribution in [0.2, 0.25) is 0 Å². The zero-order valence-corrected chi connectivity index (χ0v) is 21.0. The van der Waals surface area contributed by atoms with Gasteiger partial charge in [0.2, 0.25) is 11.8 Å². The van der Waals surface area contributed by atoms with Crippen LogP contribution in [0.15, 0.2) is 36.8 Å². The Morgan fingerprint density at radius 1 is 1.23 bits per heavy atom. The number of aromatic nitrogens is 4. The highest BCUT2D eigenvalue weighted by molar-refractivity contribution is 6.03. The number of hydrogen-bond acceptors (Lipinski definition) is 7. The van der Waals surface area contributed by atoms with Gasteiger partial charge in [-0.25, -0.2) is 14.2 Å². The Bertz CT molecular complexity index is 1340. The van der Waals surface area contributed by atoms with Crippen molar-refractivity contribution in [1.82, 2.24) is 20.0 Å². The third-order valence-corrected chi connectivity index (χ3v) is 6.01. The molecule has 1 aromatic carbocycles. The Morgan fingerprint density at radius 3 is 2.54 bits per heavy atom. The number of aromatic carboxylic acids is 1. The molecule has 1 saturated heterocycles. The second kappa shape index (κ2) is 11.4. The summed E-state index contributed by atoms with van der Waals surface area (Å²) in [7, 11) is 0. The van der Waals surface area contributed by atoms with E-state index >= 15 is 4.39 Å². The quantitative estimate of drug-likeness (QED) is 0.406. The number of carboxylic acids is 1. The monoisotopic (exact) mass is 551 g/mol. The van der Waals surface area contributed by atoms with Gasteiger partial charge in [0.1, 0.15) is 5.56 Å². The molecule has 1 fully saturated rings. The molecule has 0 radical (unpaired) electrons. The van der Waals surface area contributed by atoms with Gasteiger partial charge in [-0.05, 0) is 38.3 Å². The lowest BCUT2D eigenvalue weighted by Crippen LogP contribution is -2.44. The van der Waals surface area contributed by atoms with Crippen LogP contribution in [0.5, 0.6) is 11.6 Å². The van der Waals surface area contributed by atoms with E-state index in [9.17, 15) is 27.9 Å². The summed E-state index contributed by atoms with van der Waals surface area (Å²) in [4.78, 5) is 31.4. The van der Waals surface area contributed by atoms with E-state index in [4.69, 9.17) is 9.47 Å². The van der Waals surface area contributed by atoms with E-state index in [1.54, 1.807) is 13.8 Å². The molecule has 4 rings (SSSR count). The molecule has 39 heavy (non-hydrogen) atoms. The van der Waals surface area contributed by atoms with Gasteiger partial charge in [0.25, 0.3) is 0 Å². The number of hydrogen-bond donors (Lipinski definition) is 1. The van der Waals surface area contributed by atoms with Gasteiger partial charge in [0.15, 0.2) is 11.6 Å². The van der Waals surface area contributed by atoms with Crippen molar-refractivity contribution in [2.75, 3.05) is 18.1 Å². The van der Waals surface area contributed by atoms with Crippen molar-refractivity contribution < 1.29 is 41.7 Å². The highest BCUT2D eigenvalue weighted by Gasteiger charge is 2.37. The first-order chi connectivity index (χ1) is 18.5. The first-order valence-corrected chi connectivity index (χ1v) is 12.0. The summed E-state index contributed by atoms with van der Waals surface area (Å²) in [5, 5.41) is 17.5. The number of pyridine rings is 1. The van der Waals surface area contributed by atoms with Crippen LogP contribution in [-0.2, 0) is 22.3 Å². The van der Waals surface area contributed by atoms with E-state index < -0.39 is 58.6 Å². The van der Waals surface area contributed by atoms with Gasteiger partial charge in [-0.3, -0.25) is 4.79 Å². The number of anilines is 1. The molecule has 0 spiro atoms. The number of ether oxygens (including phenoxy) is 2. The number of halogens is 4. The zero-order chi connectivity index (χ0) is 28.3. The zero-order valence-electron chi connectivity index (χ0n) is 21.0. The number of rotatable bonds is 8. The van der Waals surface area contributed by atoms with Crippen molar-refractivity contribution in [1.29, 1.82) is 0 Å². The van der Waals surface area contributed by atoms with Crippen molar-refractivity contribution >= 4 is 17.6 Å². The molecule has 10 nitrogen and oxygen atoms in total. The Balaban J connectivity index is 1.71. The van der Waals surface area contributed by atoms with Crippen molar-refractivity contribution in [2.45, 2.75) is 45.5 Å². The lowest BCUT2D eigenvalue weighted by molar-refractivity contribution is -0.139. The molecule has 3 aromatic rings. The second-order valence-electron chi connectivity index (χ2n) is 9.18. The molecule has 1 N–H and O–H groups in total. The molecule has 1 atom stereocenters. The number of carbonyl (C=O) groups excluding carboxylic acids is 1. The fourth-order valence-electron chi connectivity index (χ4n) is 4.23. The maximum atomic E-state index is 15.3. The molecule has 2 aromatic heterocycles. The van der Waals surface area contributed by atoms with E-state index in [1.807, 2.05) is 0 Å². The van der Waals surface area contributed by atoms with Crippen LogP contribution in [-0.4, -0.2) is 56.2 Å². The Hall–Kier alpha value is -4.07. The fourth-order valence-corrected chi connectivity index (χ4v) is 4.23. The van der Waals surface area contributed by atoms with Crippen LogP contribution >= 0.6 is 0 Å². The molecule has 208 valence electrons. The van der Waals surface area contributed by atoms with E-state index in [2.05, 4.69) is 15.2 Å². The molecular formula is C25H25F4N5O5. The molecule has 1 aliphatic rings. The lowest BCUT2D eigenvalue weighted by Gasteiger charge is -2.33. The molecule has 0 saturated carbocycles. The molecule has 14 heteroatoms. The number of nitrogens with zero attached hydrogens (tertiary/aromatic N) is 5. The van der Waals surface area contributed by atoms with Gasteiger partial charge in [0.05, 0.1) is 42.7 Å². The molecule has 0 bridgehead atoms. The Labute approximate surface area is 220 Å². The van der Waals surface area contributed by atoms with Crippen molar-refractivity contribution in [3.8, 4) is 11.6 Å². The number of carbonyl (C=O) groups is 2. The van der Waals surface area contributed by atoms with Crippen molar-refractivity contribution in [3.63, 3.8) is 0 Å². The van der Waals surface area contributed by atoms with Crippen LogP contribution in [0, 0.1) is 11.7 Å². The second-order valence-corrected chi connectivity index (χ2v) is 9.18. The Morgan fingerprint density at radius 2 is 1.95 bits per heavy atom. The van der Waals surface area contributed by atoms with Crippen LogP contribution in [0.25, 0.3) is 0 Å². The van der Waals surface area contributed by atoms with Crippen LogP contribution < -0.4 is 9.64 Å². The molecule has 1 aliphatic heterocycles. The maximum absolute atomic E-state index is 15.3. The minimum absolute atomic E-state index is 0.102. The molecule has 3 heterocycles. The van der Waals surface area contributed by atoms with E-state index in [0.717, 1.165) is 34.1 Å². The van der Waals surface area contributed by atoms with Gasteiger partial charge < -0.3 is 19.5 Å². The topological polar surface area (TPSA) is 120 Å². The predicted molar refractivity (Wildman–Crippen MR) is 128 cm³/mol. The van der Waals surface area contributed by atoms with Crippen molar-refractivity contribution in [3.05, 3.63) is 59.3 Å².